The van der Waals surface area contributed by atoms with Crippen molar-refractivity contribution >= 4 is 0 Å². The molecule has 3 atom stereocenters. The Morgan fingerprint density at radius 2 is 2.11 bits per heavy atom. The van der Waals surface area contributed by atoms with Gasteiger partial charge in [-0.15, -0.1) is 0 Å². The Morgan fingerprint density at radius 3 is 2.78 bits per heavy atom. The van der Waals surface area contributed by atoms with Crippen LogP contribution < -0.4 is 5.32 Å². The normalized spacial score (nSPS) is 25.6. The largest absolute Gasteiger partial charge is 0.310 e. The fourth-order valence-corrected chi connectivity index (χ4v) is 2.96. The van der Waals surface area contributed by atoms with E-state index in [0.717, 1.165) is 18.4 Å². The topological polar surface area (TPSA) is 24.9 Å². The smallest absolute Gasteiger partial charge is 0.0293 e. The summed E-state index contributed by atoms with van der Waals surface area (Å²) in [5.41, 5.74) is 2.87. The molecule has 0 fully saturated rings. The van der Waals surface area contributed by atoms with Crippen LogP contribution in [-0.2, 0) is 0 Å². The fraction of sp³-hybridized carbons (Fsp3) is 0.562. The zero-order valence-corrected chi connectivity index (χ0v) is 11.7. The van der Waals surface area contributed by atoms with E-state index in [0.29, 0.717) is 6.04 Å². The van der Waals surface area contributed by atoms with E-state index in [1.54, 1.807) is 5.57 Å². The van der Waals surface area contributed by atoms with Crippen molar-refractivity contribution in [3.63, 3.8) is 0 Å². The van der Waals surface area contributed by atoms with Crippen molar-refractivity contribution in [1.29, 1.82) is 0 Å². The summed E-state index contributed by atoms with van der Waals surface area (Å²) in [6, 6.07) is 4.59. The van der Waals surface area contributed by atoms with Crippen LogP contribution in [0, 0.1) is 11.8 Å². The van der Waals surface area contributed by atoms with Gasteiger partial charge in [0.2, 0.25) is 0 Å². The quantitative estimate of drug-likeness (QED) is 0.816. The van der Waals surface area contributed by atoms with Gasteiger partial charge in [-0.1, -0.05) is 18.6 Å². The predicted molar refractivity (Wildman–Crippen MR) is 76.3 cm³/mol. The minimum absolute atomic E-state index is 0.412. The molecule has 0 bridgehead atoms. The zero-order valence-electron chi connectivity index (χ0n) is 11.7. The van der Waals surface area contributed by atoms with Crippen molar-refractivity contribution in [2.75, 3.05) is 6.54 Å². The fourth-order valence-electron chi connectivity index (χ4n) is 2.96. The molecule has 0 amide bonds. The van der Waals surface area contributed by atoms with E-state index in [-0.39, 0.29) is 0 Å². The number of nitrogens with zero attached hydrogens (tertiary/aromatic N) is 1. The molecule has 2 nitrogen and oxygen atoms in total. The molecule has 0 aliphatic heterocycles. The highest BCUT2D eigenvalue weighted by molar-refractivity contribution is 5.14. The van der Waals surface area contributed by atoms with E-state index in [2.05, 4.69) is 49.3 Å². The first kappa shape index (κ1) is 13.3. The number of aromatic nitrogens is 1. The monoisotopic (exact) mass is 244 g/mol. The SMILES string of the molecule is CC1=CC(C)CC(CNC(C)c2ccncc2)C1. The molecule has 1 aromatic heterocycles. The van der Waals surface area contributed by atoms with E-state index in [9.17, 15) is 0 Å². The zero-order chi connectivity index (χ0) is 13.0. The van der Waals surface area contributed by atoms with Gasteiger partial charge < -0.3 is 5.32 Å². The molecular formula is C16H24N2. The molecule has 0 radical (unpaired) electrons. The molecule has 1 aromatic rings. The summed E-state index contributed by atoms with van der Waals surface area (Å²) >= 11 is 0. The molecule has 0 saturated carbocycles. The van der Waals surface area contributed by atoms with Crippen LogP contribution in [0.4, 0.5) is 0 Å². The third-order valence-electron chi connectivity index (χ3n) is 3.80. The third kappa shape index (κ3) is 3.67. The van der Waals surface area contributed by atoms with Gasteiger partial charge in [0.05, 0.1) is 0 Å². The van der Waals surface area contributed by atoms with Crippen molar-refractivity contribution in [2.24, 2.45) is 11.8 Å². The first-order valence-corrected chi connectivity index (χ1v) is 6.95. The summed E-state index contributed by atoms with van der Waals surface area (Å²) in [6.07, 6.45) is 8.71. The molecule has 0 saturated heterocycles. The number of pyridine rings is 1. The van der Waals surface area contributed by atoms with Crippen LogP contribution in [0.1, 0.15) is 45.2 Å². The van der Waals surface area contributed by atoms with Crippen molar-refractivity contribution in [3.05, 3.63) is 41.7 Å². The third-order valence-corrected chi connectivity index (χ3v) is 3.80. The molecule has 98 valence electrons. The highest BCUT2D eigenvalue weighted by atomic mass is 14.9. The molecule has 1 aliphatic carbocycles. The Bertz CT molecular complexity index is 397. The maximum absolute atomic E-state index is 4.06. The van der Waals surface area contributed by atoms with Crippen LogP contribution in [0.2, 0.25) is 0 Å². The molecular weight excluding hydrogens is 220 g/mol. The van der Waals surface area contributed by atoms with Crippen LogP contribution in [0.5, 0.6) is 0 Å². The minimum Gasteiger partial charge on any atom is -0.310 e. The lowest BCUT2D eigenvalue weighted by Crippen LogP contribution is -2.28. The van der Waals surface area contributed by atoms with Crippen molar-refractivity contribution in [2.45, 2.75) is 39.7 Å². The van der Waals surface area contributed by atoms with E-state index in [4.69, 9.17) is 0 Å². The summed E-state index contributed by atoms with van der Waals surface area (Å²) < 4.78 is 0. The second-order valence-electron chi connectivity index (χ2n) is 5.71. The lowest BCUT2D eigenvalue weighted by molar-refractivity contribution is 0.366. The Hall–Kier alpha value is -1.15. The number of hydrogen-bond donors (Lipinski definition) is 1. The molecule has 2 rings (SSSR count). The van der Waals surface area contributed by atoms with E-state index in [1.807, 2.05) is 12.4 Å². The molecule has 2 heteroatoms. The van der Waals surface area contributed by atoms with E-state index in [1.165, 1.54) is 18.4 Å². The van der Waals surface area contributed by atoms with Gasteiger partial charge in [-0.05, 0) is 62.8 Å². The van der Waals surface area contributed by atoms with E-state index >= 15 is 0 Å². The van der Waals surface area contributed by atoms with Gasteiger partial charge in [0.25, 0.3) is 0 Å². The lowest BCUT2D eigenvalue weighted by Gasteiger charge is -2.27. The Morgan fingerprint density at radius 1 is 1.39 bits per heavy atom. The molecule has 0 spiro atoms. The molecule has 1 heterocycles. The first-order valence-electron chi connectivity index (χ1n) is 6.95. The van der Waals surface area contributed by atoms with Gasteiger partial charge in [-0.25, -0.2) is 0 Å². The maximum atomic E-state index is 4.06. The van der Waals surface area contributed by atoms with Crippen molar-refractivity contribution in [1.82, 2.24) is 10.3 Å². The summed E-state index contributed by atoms with van der Waals surface area (Å²) in [5, 5.41) is 3.65. The van der Waals surface area contributed by atoms with Crippen LogP contribution >= 0.6 is 0 Å². The molecule has 1 N–H and O–H groups in total. The van der Waals surface area contributed by atoms with Crippen LogP contribution in [-0.4, -0.2) is 11.5 Å². The predicted octanol–water partition coefficient (Wildman–Crippen LogP) is 3.72. The van der Waals surface area contributed by atoms with Gasteiger partial charge in [0.15, 0.2) is 0 Å². The molecule has 0 aromatic carbocycles. The Kier molecular flexibility index (Phi) is 4.54. The van der Waals surface area contributed by atoms with Gasteiger partial charge in [-0.3, -0.25) is 4.98 Å². The molecule has 18 heavy (non-hydrogen) atoms. The minimum atomic E-state index is 0.412. The Balaban J connectivity index is 1.83. The Labute approximate surface area is 111 Å². The average molecular weight is 244 g/mol. The summed E-state index contributed by atoms with van der Waals surface area (Å²) in [7, 11) is 0. The maximum Gasteiger partial charge on any atom is 0.0293 e. The van der Waals surface area contributed by atoms with Crippen LogP contribution in [0.15, 0.2) is 36.2 Å². The van der Waals surface area contributed by atoms with Gasteiger partial charge >= 0.3 is 0 Å². The second kappa shape index (κ2) is 6.14. The first-order chi connectivity index (χ1) is 8.65. The molecule has 1 aliphatic rings. The lowest BCUT2D eigenvalue weighted by atomic mass is 9.83. The highest BCUT2D eigenvalue weighted by Gasteiger charge is 2.18. The summed E-state index contributed by atoms with van der Waals surface area (Å²) in [5.74, 6) is 1.52. The van der Waals surface area contributed by atoms with Gasteiger partial charge in [0.1, 0.15) is 0 Å². The van der Waals surface area contributed by atoms with Gasteiger partial charge in [-0.2, -0.15) is 0 Å². The second-order valence-corrected chi connectivity index (χ2v) is 5.71. The summed E-state index contributed by atoms with van der Waals surface area (Å²) in [6.45, 7) is 7.92. The van der Waals surface area contributed by atoms with Crippen LogP contribution in [0.25, 0.3) is 0 Å². The standard InChI is InChI=1S/C16H24N2/c1-12-8-13(2)10-15(9-12)11-18-14(3)16-4-6-17-7-5-16/h4-8,12,14-15,18H,9-11H2,1-3H3. The number of rotatable bonds is 4. The van der Waals surface area contributed by atoms with Gasteiger partial charge in [0, 0.05) is 18.4 Å². The highest BCUT2D eigenvalue weighted by Crippen LogP contribution is 2.27. The molecule has 3 unspecified atom stereocenters. The summed E-state index contributed by atoms with van der Waals surface area (Å²) in [4.78, 5) is 4.06. The number of hydrogen-bond acceptors (Lipinski definition) is 2. The number of nitrogens with one attached hydrogen (secondary N) is 1. The average Bonchev–Trinajstić information content (AvgIpc) is 2.36. The van der Waals surface area contributed by atoms with Crippen molar-refractivity contribution < 1.29 is 0 Å². The van der Waals surface area contributed by atoms with Crippen LogP contribution in [0.3, 0.4) is 0 Å². The van der Waals surface area contributed by atoms with Crippen molar-refractivity contribution in [3.8, 4) is 0 Å². The number of allylic oxidation sites excluding steroid dienone is 2. The van der Waals surface area contributed by atoms with E-state index < -0.39 is 0 Å².